The Hall–Kier alpha value is -2.38. The van der Waals surface area contributed by atoms with Gasteiger partial charge in [-0.3, -0.25) is 4.79 Å². The second-order valence-corrected chi connectivity index (χ2v) is 9.64. The van der Waals surface area contributed by atoms with Crippen molar-refractivity contribution in [2.75, 3.05) is 20.7 Å². The van der Waals surface area contributed by atoms with Crippen LogP contribution in [0.15, 0.2) is 53.4 Å². The summed E-state index contributed by atoms with van der Waals surface area (Å²) in [7, 11) is -0.707. The summed E-state index contributed by atoms with van der Waals surface area (Å²) in [6.45, 7) is 5.80. The second kappa shape index (κ2) is 9.89. The van der Waals surface area contributed by atoms with Crippen molar-refractivity contribution in [1.82, 2.24) is 9.62 Å². The molecule has 0 fully saturated rings. The lowest BCUT2D eigenvalue weighted by molar-refractivity contribution is -0.122. The maximum Gasteiger partial charge on any atom is 0.243 e. The fraction of sp³-hybridized carbons (Fsp3) is 0.409. The third-order valence-electron chi connectivity index (χ3n) is 4.66. The van der Waals surface area contributed by atoms with E-state index in [0.717, 1.165) is 27.6 Å². The number of benzene rings is 2. The lowest BCUT2D eigenvalue weighted by atomic mass is 9.97. The van der Waals surface area contributed by atoms with Gasteiger partial charge in [0.2, 0.25) is 15.9 Å². The standard InChI is InChI=1S/C22H30N2O4S/c1-16(2)14-21(18-8-10-19(28-5)11-9-18)23-22(25)15-24(4)29(26,27)20-12-6-17(3)7-13-20/h6-13,16,21H,14-15H2,1-5H3,(H,23,25)/t21-/m0/s1. The molecule has 1 atom stereocenters. The summed E-state index contributed by atoms with van der Waals surface area (Å²) < 4.78 is 31.7. The van der Waals surface area contributed by atoms with Crippen molar-refractivity contribution >= 4 is 15.9 Å². The quantitative estimate of drug-likeness (QED) is 0.676. The molecule has 2 rings (SSSR count). The molecule has 0 heterocycles. The zero-order valence-corrected chi connectivity index (χ0v) is 18.5. The molecule has 2 aromatic carbocycles. The minimum Gasteiger partial charge on any atom is -0.497 e. The summed E-state index contributed by atoms with van der Waals surface area (Å²) in [5, 5.41) is 2.98. The van der Waals surface area contributed by atoms with Crippen LogP contribution in [0.25, 0.3) is 0 Å². The first-order chi connectivity index (χ1) is 13.6. The summed E-state index contributed by atoms with van der Waals surface area (Å²) >= 11 is 0. The van der Waals surface area contributed by atoms with Gasteiger partial charge >= 0.3 is 0 Å². The van der Waals surface area contributed by atoms with E-state index in [1.54, 1.807) is 31.4 Å². The van der Waals surface area contributed by atoms with E-state index in [2.05, 4.69) is 19.2 Å². The fourth-order valence-corrected chi connectivity index (χ4v) is 4.13. The molecule has 0 saturated heterocycles. The number of sulfonamides is 1. The predicted octanol–water partition coefficient (Wildman–Crippen LogP) is 3.53. The summed E-state index contributed by atoms with van der Waals surface area (Å²) in [4.78, 5) is 12.8. The Morgan fingerprint density at radius 3 is 2.17 bits per heavy atom. The van der Waals surface area contributed by atoms with Crippen molar-refractivity contribution in [3.63, 3.8) is 0 Å². The lowest BCUT2D eigenvalue weighted by Gasteiger charge is -2.23. The van der Waals surface area contributed by atoms with Crippen LogP contribution in [0.1, 0.15) is 37.4 Å². The molecular weight excluding hydrogens is 388 g/mol. The number of likely N-dealkylation sites (N-methyl/N-ethyl adjacent to an activating group) is 1. The Kier molecular flexibility index (Phi) is 7.81. The zero-order valence-electron chi connectivity index (χ0n) is 17.7. The van der Waals surface area contributed by atoms with E-state index in [1.807, 2.05) is 31.2 Å². The van der Waals surface area contributed by atoms with E-state index in [9.17, 15) is 13.2 Å². The van der Waals surface area contributed by atoms with Crippen LogP contribution < -0.4 is 10.1 Å². The van der Waals surface area contributed by atoms with Gasteiger partial charge in [0.05, 0.1) is 24.6 Å². The minimum atomic E-state index is -3.73. The van der Waals surface area contributed by atoms with Gasteiger partial charge in [-0.05, 0) is 49.1 Å². The Bertz CT molecular complexity index is 907. The average Bonchev–Trinajstić information content (AvgIpc) is 2.67. The largest absolute Gasteiger partial charge is 0.497 e. The molecule has 29 heavy (non-hydrogen) atoms. The maximum absolute atomic E-state index is 12.7. The third kappa shape index (κ3) is 6.30. The molecule has 6 nitrogen and oxygen atoms in total. The number of hydrogen-bond acceptors (Lipinski definition) is 4. The number of hydrogen-bond donors (Lipinski definition) is 1. The number of aryl methyl sites for hydroxylation is 1. The third-order valence-corrected chi connectivity index (χ3v) is 6.47. The van der Waals surface area contributed by atoms with Crippen molar-refractivity contribution in [3.8, 4) is 5.75 Å². The SMILES string of the molecule is COc1ccc([C@H](CC(C)C)NC(=O)CN(C)S(=O)(=O)c2ccc(C)cc2)cc1. The number of nitrogens with one attached hydrogen (secondary N) is 1. The summed E-state index contributed by atoms with van der Waals surface area (Å²) in [6.07, 6.45) is 0.743. The number of methoxy groups -OCH3 is 1. The monoisotopic (exact) mass is 418 g/mol. The molecular formula is C22H30N2O4S. The number of carbonyl (C=O) groups excluding carboxylic acids is 1. The van der Waals surface area contributed by atoms with Crippen LogP contribution in [0.5, 0.6) is 5.75 Å². The molecule has 0 saturated carbocycles. The van der Waals surface area contributed by atoms with Crippen molar-refractivity contribution < 1.29 is 17.9 Å². The average molecular weight is 419 g/mol. The van der Waals surface area contributed by atoms with Gasteiger partial charge in [0.25, 0.3) is 0 Å². The smallest absolute Gasteiger partial charge is 0.243 e. The Morgan fingerprint density at radius 2 is 1.66 bits per heavy atom. The molecule has 7 heteroatoms. The van der Waals surface area contributed by atoms with Crippen LogP contribution in [-0.2, 0) is 14.8 Å². The van der Waals surface area contributed by atoms with Gasteiger partial charge in [0, 0.05) is 7.05 Å². The van der Waals surface area contributed by atoms with Crippen molar-refractivity contribution in [3.05, 3.63) is 59.7 Å². The molecule has 158 valence electrons. The first-order valence-electron chi connectivity index (χ1n) is 9.59. The molecule has 0 aliphatic heterocycles. The van der Waals surface area contributed by atoms with Crippen molar-refractivity contribution in [1.29, 1.82) is 0 Å². The highest BCUT2D eigenvalue weighted by Gasteiger charge is 2.24. The van der Waals surface area contributed by atoms with E-state index < -0.39 is 10.0 Å². The first-order valence-corrected chi connectivity index (χ1v) is 11.0. The van der Waals surface area contributed by atoms with Gasteiger partial charge in [-0.25, -0.2) is 8.42 Å². The van der Waals surface area contributed by atoms with Crippen molar-refractivity contribution in [2.45, 2.75) is 38.1 Å². The van der Waals surface area contributed by atoms with Gasteiger partial charge in [-0.2, -0.15) is 4.31 Å². The van der Waals surface area contributed by atoms with Crippen LogP contribution in [-0.4, -0.2) is 39.3 Å². The second-order valence-electron chi connectivity index (χ2n) is 7.60. The van der Waals surface area contributed by atoms with Crippen LogP contribution in [0.3, 0.4) is 0 Å². The predicted molar refractivity (Wildman–Crippen MR) is 114 cm³/mol. The van der Waals surface area contributed by atoms with Gasteiger partial charge in [0.15, 0.2) is 0 Å². The van der Waals surface area contributed by atoms with E-state index in [0.29, 0.717) is 5.92 Å². The molecule has 0 radical (unpaired) electrons. The molecule has 0 aromatic heterocycles. The number of nitrogens with zero attached hydrogens (tertiary/aromatic N) is 1. The summed E-state index contributed by atoms with van der Waals surface area (Å²) in [6, 6.07) is 13.9. The highest BCUT2D eigenvalue weighted by molar-refractivity contribution is 7.89. The highest BCUT2D eigenvalue weighted by Crippen LogP contribution is 2.24. The molecule has 2 aromatic rings. The van der Waals surface area contributed by atoms with Crippen LogP contribution in [0, 0.1) is 12.8 Å². The summed E-state index contributed by atoms with van der Waals surface area (Å²) in [5.41, 5.74) is 1.93. The number of rotatable bonds is 9. The lowest BCUT2D eigenvalue weighted by Crippen LogP contribution is -2.40. The topological polar surface area (TPSA) is 75.7 Å². The Labute approximate surface area is 173 Å². The number of amides is 1. The Morgan fingerprint density at radius 1 is 1.07 bits per heavy atom. The normalized spacial score (nSPS) is 12.8. The molecule has 0 aliphatic rings. The van der Waals surface area contributed by atoms with Gasteiger partial charge < -0.3 is 10.1 Å². The molecule has 0 spiro atoms. The molecule has 0 unspecified atom stereocenters. The van der Waals surface area contributed by atoms with Crippen molar-refractivity contribution in [2.24, 2.45) is 5.92 Å². The van der Waals surface area contributed by atoms with Gasteiger partial charge in [-0.15, -0.1) is 0 Å². The molecule has 1 amide bonds. The minimum absolute atomic E-state index is 0.173. The molecule has 0 bridgehead atoms. The zero-order chi connectivity index (χ0) is 21.6. The number of carbonyl (C=O) groups is 1. The molecule has 0 aliphatic carbocycles. The van der Waals surface area contributed by atoms with Gasteiger partial charge in [0.1, 0.15) is 5.75 Å². The maximum atomic E-state index is 12.7. The molecule has 1 N–H and O–H groups in total. The van der Waals surface area contributed by atoms with Gasteiger partial charge in [-0.1, -0.05) is 43.7 Å². The van der Waals surface area contributed by atoms with E-state index >= 15 is 0 Å². The van der Waals surface area contributed by atoms with Crippen LogP contribution in [0.4, 0.5) is 0 Å². The van der Waals surface area contributed by atoms with E-state index in [-0.39, 0.29) is 23.4 Å². The fourth-order valence-electron chi connectivity index (χ4n) is 3.00. The van der Waals surface area contributed by atoms with E-state index in [4.69, 9.17) is 4.74 Å². The number of ether oxygens (including phenoxy) is 1. The first kappa shape index (κ1) is 22.9. The Balaban J connectivity index is 2.11. The summed E-state index contributed by atoms with van der Waals surface area (Å²) in [5.74, 6) is 0.758. The highest BCUT2D eigenvalue weighted by atomic mass is 32.2. The van der Waals surface area contributed by atoms with E-state index in [1.165, 1.54) is 7.05 Å². The van der Waals surface area contributed by atoms with Crippen LogP contribution in [0.2, 0.25) is 0 Å². The van der Waals surface area contributed by atoms with Crippen LogP contribution >= 0.6 is 0 Å².